The molecule has 0 saturated carbocycles. The van der Waals surface area contributed by atoms with Crippen molar-refractivity contribution >= 4 is 15.9 Å². The van der Waals surface area contributed by atoms with E-state index in [2.05, 4.69) is 21.2 Å². The lowest BCUT2D eigenvalue weighted by molar-refractivity contribution is -0.125. The van der Waals surface area contributed by atoms with Crippen LogP contribution < -0.4 is 5.32 Å². The molecular weight excluding hydrogens is 314 g/mol. The summed E-state index contributed by atoms with van der Waals surface area (Å²) in [6, 6.07) is 4.32. The van der Waals surface area contributed by atoms with Crippen molar-refractivity contribution in [1.29, 1.82) is 0 Å². The smallest absolute Gasteiger partial charge is 0.308 e. The quantitative estimate of drug-likeness (QED) is 0.808. The first kappa shape index (κ1) is 15.4. The van der Waals surface area contributed by atoms with E-state index in [4.69, 9.17) is 0 Å². The minimum absolute atomic E-state index is 0.00884. The van der Waals surface area contributed by atoms with Crippen LogP contribution in [0.3, 0.4) is 0 Å². The van der Waals surface area contributed by atoms with E-state index in [1.165, 1.54) is 12.1 Å². The number of alkyl halides is 3. The van der Waals surface area contributed by atoms with Crippen molar-refractivity contribution in [2.45, 2.75) is 19.5 Å². The van der Waals surface area contributed by atoms with E-state index in [-0.39, 0.29) is 18.3 Å². The molecule has 0 aliphatic rings. The zero-order valence-corrected chi connectivity index (χ0v) is 11.4. The second-order valence-corrected chi connectivity index (χ2v) is 5.15. The van der Waals surface area contributed by atoms with Crippen molar-refractivity contribution in [3.8, 4) is 0 Å². The Balaban J connectivity index is 2.44. The lowest BCUT2D eigenvalue weighted by atomic mass is 10.0. The van der Waals surface area contributed by atoms with Crippen LogP contribution in [0.5, 0.6) is 0 Å². The van der Waals surface area contributed by atoms with E-state index in [0.29, 0.717) is 6.42 Å². The second kappa shape index (κ2) is 6.52. The molecule has 0 saturated heterocycles. The van der Waals surface area contributed by atoms with Crippen molar-refractivity contribution in [3.05, 3.63) is 34.1 Å². The molecule has 1 aromatic rings. The molecule has 6 heteroatoms. The predicted molar refractivity (Wildman–Crippen MR) is 65.9 cm³/mol. The number of rotatable bonds is 5. The van der Waals surface area contributed by atoms with Crippen LogP contribution in [0.1, 0.15) is 12.5 Å². The van der Waals surface area contributed by atoms with Gasteiger partial charge in [0.25, 0.3) is 0 Å². The standard InChI is InChI=1S/C12H14BrF4N/c1-8(6-18-7-12(15,16)17)4-9-5-10(14)2-3-11(9)13/h2-3,5,8,18H,4,6-7H2,1H3. The summed E-state index contributed by atoms with van der Waals surface area (Å²) in [5.74, 6) is -0.353. The van der Waals surface area contributed by atoms with Crippen LogP contribution >= 0.6 is 15.9 Å². The number of hydrogen-bond acceptors (Lipinski definition) is 1. The SMILES string of the molecule is CC(CNCC(F)(F)F)Cc1cc(F)ccc1Br. The van der Waals surface area contributed by atoms with Gasteiger partial charge in [-0.05, 0) is 42.6 Å². The van der Waals surface area contributed by atoms with E-state index >= 15 is 0 Å². The van der Waals surface area contributed by atoms with E-state index in [9.17, 15) is 17.6 Å². The van der Waals surface area contributed by atoms with Gasteiger partial charge >= 0.3 is 6.18 Å². The Bertz CT molecular complexity index is 392. The molecule has 0 spiro atoms. The maximum Gasteiger partial charge on any atom is 0.401 e. The molecule has 1 nitrogen and oxygen atoms in total. The summed E-state index contributed by atoms with van der Waals surface area (Å²) in [6.45, 7) is 1.06. The molecule has 0 aliphatic heterocycles. The summed E-state index contributed by atoms with van der Waals surface area (Å²) in [4.78, 5) is 0. The summed E-state index contributed by atoms with van der Waals surface area (Å²) in [5.41, 5.74) is 0.760. The fourth-order valence-electron chi connectivity index (χ4n) is 1.61. The Hall–Kier alpha value is -0.620. The van der Waals surface area contributed by atoms with Crippen LogP contribution in [0.25, 0.3) is 0 Å². The molecule has 1 atom stereocenters. The minimum Gasteiger partial charge on any atom is -0.308 e. The molecule has 0 bridgehead atoms. The normalized spacial score (nSPS) is 13.7. The predicted octanol–water partition coefficient (Wildman–Crippen LogP) is 3.92. The molecule has 18 heavy (non-hydrogen) atoms. The first-order valence-corrected chi connectivity index (χ1v) is 6.28. The number of benzene rings is 1. The molecule has 1 aromatic carbocycles. The van der Waals surface area contributed by atoms with Gasteiger partial charge in [0.1, 0.15) is 5.82 Å². The second-order valence-electron chi connectivity index (χ2n) is 4.29. The summed E-state index contributed by atoms with van der Waals surface area (Å²) < 4.78 is 49.6. The molecule has 0 aromatic heterocycles. The number of halogens is 5. The van der Waals surface area contributed by atoms with Crippen LogP contribution in [0.15, 0.2) is 22.7 Å². The highest BCUT2D eigenvalue weighted by molar-refractivity contribution is 9.10. The van der Waals surface area contributed by atoms with Crippen LogP contribution in [0.4, 0.5) is 17.6 Å². The Morgan fingerprint density at radius 2 is 2.00 bits per heavy atom. The largest absolute Gasteiger partial charge is 0.401 e. The van der Waals surface area contributed by atoms with Crippen molar-refractivity contribution in [3.63, 3.8) is 0 Å². The summed E-state index contributed by atoms with van der Waals surface area (Å²) >= 11 is 3.29. The average molecular weight is 328 g/mol. The molecule has 0 fully saturated rings. The third-order valence-electron chi connectivity index (χ3n) is 2.39. The minimum atomic E-state index is -4.20. The maximum atomic E-state index is 13.0. The van der Waals surface area contributed by atoms with E-state index < -0.39 is 12.7 Å². The average Bonchev–Trinajstić information content (AvgIpc) is 2.21. The van der Waals surface area contributed by atoms with Crippen molar-refractivity contribution in [2.24, 2.45) is 5.92 Å². The van der Waals surface area contributed by atoms with E-state index in [0.717, 1.165) is 10.0 Å². The first-order valence-electron chi connectivity index (χ1n) is 5.49. The fourth-order valence-corrected chi connectivity index (χ4v) is 2.02. The van der Waals surface area contributed by atoms with Gasteiger partial charge in [-0.25, -0.2) is 4.39 Å². The van der Waals surface area contributed by atoms with Crippen molar-refractivity contribution < 1.29 is 17.6 Å². The van der Waals surface area contributed by atoms with Gasteiger partial charge < -0.3 is 5.32 Å². The van der Waals surface area contributed by atoms with Crippen molar-refractivity contribution in [2.75, 3.05) is 13.1 Å². The zero-order valence-electron chi connectivity index (χ0n) is 9.82. The van der Waals surface area contributed by atoms with Crippen LogP contribution in [0.2, 0.25) is 0 Å². The molecule has 102 valence electrons. The number of nitrogens with one attached hydrogen (secondary N) is 1. The Morgan fingerprint density at radius 3 is 2.61 bits per heavy atom. The summed E-state index contributed by atoms with van der Waals surface area (Å²) in [6.07, 6.45) is -3.68. The number of hydrogen-bond donors (Lipinski definition) is 1. The van der Waals surface area contributed by atoms with Crippen LogP contribution in [0, 0.1) is 11.7 Å². The molecular formula is C12H14BrF4N. The third-order valence-corrected chi connectivity index (χ3v) is 3.17. The Morgan fingerprint density at radius 1 is 1.33 bits per heavy atom. The highest BCUT2D eigenvalue weighted by Crippen LogP contribution is 2.21. The zero-order chi connectivity index (χ0) is 13.8. The van der Waals surface area contributed by atoms with Crippen LogP contribution in [-0.4, -0.2) is 19.3 Å². The third kappa shape index (κ3) is 5.82. The topological polar surface area (TPSA) is 12.0 Å². The summed E-state index contributed by atoms with van der Waals surface area (Å²) in [7, 11) is 0. The molecule has 0 amide bonds. The van der Waals surface area contributed by atoms with Gasteiger partial charge in [-0.15, -0.1) is 0 Å². The monoisotopic (exact) mass is 327 g/mol. The Kier molecular flexibility index (Phi) is 5.59. The fraction of sp³-hybridized carbons (Fsp3) is 0.500. The van der Waals surface area contributed by atoms with Gasteiger partial charge in [-0.1, -0.05) is 22.9 Å². The van der Waals surface area contributed by atoms with Gasteiger partial charge in [0.05, 0.1) is 6.54 Å². The van der Waals surface area contributed by atoms with Gasteiger partial charge in [-0.3, -0.25) is 0 Å². The first-order chi connectivity index (χ1) is 8.28. The van der Waals surface area contributed by atoms with E-state index in [1.807, 2.05) is 6.92 Å². The Labute approximate surface area is 112 Å². The molecule has 0 heterocycles. The maximum absolute atomic E-state index is 13.0. The molecule has 1 unspecified atom stereocenters. The van der Waals surface area contributed by atoms with Gasteiger partial charge in [0.15, 0.2) is 0 Å². The lowest BCUT2D eigenvalue weighted by Crippen LogP contribution is -2.32. The van der Waals surface area contributed by atoms with Gasteiger partial charge in [0, 0.05) is 4.47 Å². The van der Waals surface area contributed by atoms with Gasteiger partial charge in [-0.2, -0.15) is 13.2 Å². The molecule has 1 N–H and O–H groups in total. The highest BCUT2D eigenvalue weighted by Gasteiger charge is 2.26. The lowest BCUT2D eigenvalue weighted by Gasteiger charge is -2.15. The summed E-state index contributed by atoms with van der Waals surface area (Å²) in [5, 5.41) is 2.35. The highest BCUT2D eigenvalue weighted by atomic mass is 79.9. The van der Waals surface area contributed by atoms with Crippen molar-refractivity contribution in [1.82, 2.24) is 5.32 Å². The molecule has 1 rings (SSSR count). The van der Waals surface area contributed by atoms with Crippen LogP contribution in [-0.2, 0) is 6.42 Å². The van der Waals surface area contributed by atoms with E-state index in [1.54, 1.807) is 6.07 Å². The molecule has 0 aliphatic carbocycles. The van der Waals surface area contributed by atoms with Gasteiger partial charge in [0.2, 0.25) is 0 Å². The molecule has 0 radical (unpaired) electrons.